The number of para-hydroxylation sites is 2. The minimum atomic E-state index is 0.587. The van der Waals surface area contributed by atoms with E-state index in [1.807, 2.05) is 42.5 Å². The van der Waals surface area contributed by atoms with E-state index < -0.39 is 0 Å². The lowest BCUT2D eigenvalue weighted by molar-refractivity contribution is 0.619. The fourth-order valence-corrected chi connectivity index (χ4v) is 16.0. The first-order valence-corrected chi connectivity index (χ1v) is 31.3. The first-order chi connectivity index (χ1) is 45.5. The summed E-state index contributed by atoms with van der Waals surface area (Å²) in [5, 5.41) is 18.4. The average Bonchev–Trinajstić information content (AvgIpc) is 1.55. The average molecular weight is 1170 g/mol. The van der Waals surface area contributed by atoms with E-state index in [0.717, 1.165) is 148 Å². The predicted octanol–water partition coefficient (Wildman–Crippen LogP) is 24.3. The topological polar surface area (TPSA) is 78.3 Å². The molecule has 0 fully saturated rings. The van der Waals surface area contributed by atoms with Crippen LogP contribution in [0.5, 0.6) is 0 Å². The van der Waals surface area contributed by atoms with Crippen LogP contribution >= 0.6 is 0 Å². The molecule has 0 bridgehead atoms. The number of rotatable bonds is 5. The van der Waals surface area contributed by atoms with Crippen LogP contribution in [0.2, 0.25) is 0 Å². The first-order valence-electron chi connectivity index (χ1n) is 31.3. The molecule has 92 heavy (non-hydrogen) atoms. The highest BCUT2D eigenvalue weighted by molar-refractivity contribution is 6.31. The van der Waals surface area contributed by atoms with E-state index in [4.69, 9.17) is 27.6 Å². The Kier molecular flexibility index (Phi) is 9.35. The summed E-state index contributed by atoms with van der Waals surface area (Å²) in [5.41, 5.74) is 25.2. The van der Waals surface area contributed by atoms with Crippen LogP contribution in [-0.4, -0.2) is 9.97 Å². The van der Waals surface area contributed by atoms with Crippen LogP contribution in [-0.2, 0) is 0 Å². The summed E-state index contributed by atoms with van der Waals surface area (Å²) < 4.78 is 26.4. The number of aromatic nitrogens is 2. The lowest BCUT2D eigenvalue weighted by atomic mass is 9.90. The van der Waals surface area contributed by atoms with Gasteiger partial charge in [-0.15, -0.1) is 0 Å². The summed E-state index contributed by atoms with van der Waals surface area (Å²) in [5.74, 6) is 1.21. The van der Waals surface area contributed by atoms with Crippen molar-refractivity contribution >= 4 is 131 Å². The molecule has 422 valence electrons. The van der Waals surface area contributed by atoms with Crippen molar-refractivity contribution in [1.82, 2.24) is 9.97 Å². The van der Waals surface area contributed by atoms with Crippen molar-refractivity contribution in [2.24, 2.45) is 0 Å². The van der Waals surface area contributed by atoms with Gasteiger partial charge in [-0.2, -0.15) is 0 Å². The molecule has 16 aromatic carbocycles. The van der Waals surface area contributed by atoms with Gasteiger partial charge in [-0.1, -0.05) is 176 Å². The predicted molar refractivity (Wildman–Crippen MR) is 377 cm³/mol. The monoisotopic (exact) mass is 1170 g/mol. The Hall–Kier alpha value is -12.4. The zero-order chi connectivity index (χ0) is 59.6. The Morgan fingerprint density at radius 2 is 0.652 bits per heavy atom. The molecule has 0 radical (unpaired) electrons. The third kappa shape index (κ3) is 6.61. The van der Waals surface area contributed by atoms with Crippen molar-refractivity contribution in [3.05, 3.63) is 267 Å². The van der Waals surface area contributed by atoms with Gasteiger partial charge in [-0.3, -0.25) is 0 Å². The van der Waals surface area contributed by atoms with E-state index >= 15 is 0 Å². The summed E-state index contributed by atoms with van der Waals surface area (Å²) >= 11 is 0. The van der Waals surface area contributed by atoms with Crippen LogP contribution in [0.25, 0.3) is 232 Å². The number of furan rings is 2. The smallest absolute Gasteiger partial charge is 0.227 e. The van der Waals surface area contributed by atoms with E-state index in [1.54, 1.807) is 0 Å². The molecule has 0 unspecified atom stereocenters. The van der Waals surface area contributed by atoms with Crippen LogP contribution < -0.4 is 0 Å². The normalized spacial score (nSPS) is 12.6. The number of fused-ring (bicyclic) bond motifs is 24. The molecule has 0 N–H and O–H groups in total. The highest BCUT2D eigenvalue weighted by atomic mass is 16.4. The van der Waals surface area contributed by atoms with Gasteiger partial charge in [0.15, 0.2) is 11.2 Å². The highest BCUT2D eigenvalue weighted by Crippen LogP contribution is 2.55. The van der Waals surface area contributed by atoms with Crippen molar-refractivity contribution in [1.29, 1.82) is 0 Å². The van der Waals surface area contributed by atoms with E-state index in [1.165, 1.54) is 71.4 Å². The van der Waals surface area contributed by atoms with Gasteiger partial charge in [0.05, 0.1) is 0 Å². The van der Waals surface area contributed by atoms with E-state index in [0.29, 0.717) is 11.8 Å². The van der Waals surface area contributed by atoms with Crippen molar-refractivity contribution < 1.29 is 17.7 Å². The maximum absolute atomic E-state index is 6.79. The van der Waals surface area contributed by atoms with Gasteiger partial charge < -0.3 is 17.7 Å². The molecule has 2 aliphatic carbocycles. The molecule has 22 rings (SSSR count). The molecule has 20 aromatic rings. The van der Waals surface area contributed by atoms with Gasteiger partial charge in [-0.25, -0.2) is 9.97 Å². The molecule has 0 saturated carbocycles. The van der Waals surface area contributed by atoms with Crippen LogP contribution in [0.15, 0.2) is 285 Å². The largest absolute Gasteiger partial charge is 0.456 e. The van der Waals surface area contributed by atoms with Gasteiger partial charge in [0.1, 0.15) is 33.4 Å². The van der Waals surface area contributed by atoms with Gasteiger partial charge in [-0.05, 0) is 223 Å². The quantitative estimate of drug-likeness (QED) is 0.160. The van der Waals surface area contributed by atoms with Gasteiger partial charge >= 0.3 is 0 Å². The highest BCUT2D eigenvalue weighted by Gasteiger charge is 2.29. The van der Waals surface area contributed by atoms with Crippen molar-refractivity contribution in [2.45, 2.75) is 0 Å². The summed E-state index contributed by atoms with van der Waals surface area (Å²) in [4.78, 5) is 10.5. The van der Waals surface area contributed by atoms with Crippen molar-refractivity contribution in [3.63, 3.8) is 0 Å². The fourth-order valence-electron chi connectivity index (χ4n) is 16.0. The molecule has 6 nitrogen and oxygen atoms in total. The third-order valence-electron chi connectivity index (χ3n) is 20.2. The maximum Gasteiger partial charge on any atom is 0.227 e. The van der Waals surface area contributed by atoms with Gasteiger partial charge in [0, 0.05) is 43.4 Å². The maximum atomic E-state index is 6.79. The number of oxazole rings is 2. The van der Waals surface area contributed by atoms with Crippen LogP contribution in [0.3, 0.4) is 0 Å². The lowest BCUT2D eigenvalue weighted by Crippen LogP contribution is -1.87. The van der Waals surface area contributed by atoms with Gasteiger partial charge in [0.2, 0.25) is 11.8 Å². The summed E-state index contributed by atoms with van der Waals surface area (Å²) in [6, 6.07) is 96.3. The SMILES string of the molecule is c1ccc(-c2nc3c(ccc4ccc5ccc(-c6ccc7c(c6)-c6cc8oc9ccccc9c8c8cc(-c9cccc%10c9ccc9ccc%11oc(-c%12ccc(-c%13ccc%14c(c%13)-c%13cc%15oc%16ccccc%16c%15c%15cccc-%14c%13%15)cc%12)nc%11c9%10)cc-7c68)cc5c43)o2)cc1. The van der Waals surface area contributed by atoms with Crippen molar-refractivity contribution in [3.8, 4) is 101 Å². The van der Waals surface area contributed by atoms with Crippen LogP contribution in [0.4, 0.5) is 0 Å². The first kappa shape index (κ1) is 48.6. The molecule has 6 heteroatoms. The second-order valence-corrected chi connectivity index (χ2v) is 25.0. The Balaban J connectivity index is 0.649. The zero-order valence-corrected chi connectivity index (χ0v) is 48.9. The standard InChI is InChI=1S/C86H44N2O4/c1-2-10-49(11-3-1)85-88-84-74(91-85)36-31-47-24-22-46-23-27-52(38-64(46)78(47)84)53-30-35-58-66(40-53)69-44-76-82(62-13-5-7-19-72(62)90-76)70-42-54(41-67(58)80(69)70)55-14-8-15-59-56(55)33-28-48-32-37-73-83(77(48)59)87-86(92-73)50-25-20-45(21-26-50)51-29-34-57-60-16-9-17-63-79(60)68(65(57)39-51)43-75-81(63)61-12-4-6-18-71(61)89-75/h1-44H. The van der Waals surface area contributed by atoms with E-state index in [9.17, 15) is 0 Å². The Morgan fingerprint density at radius 1 is 0.185 bits per heavy atom. The molecule has 0 saturated heterocycles. The molecule has 2 aliphatic rings. The molecular weight excluding hydrogens is 1120 g/mol. The minimum absolute atomic E-state index is 0.587. The molecule has 0 amide bonds. The Morgan fingerprint density at radius 3 is 1.36 bits per heavy atom. The van der Waals surface area contributed by atoms with Gasteiger partial charge in [0.25, 0.3) is 0 Å². The lowest BCUT2D eigenvalue weighted by Gasteiger charge is -2.13. The Labute approximate surface area is 523 Å². The fraction of sp³-hybridized carbons (Fsp3) is 0. The minimum Gasteiger partial charge on any atom is -0.456 e. The van der Waals surface area contributed by atoms with E-state index in [2.05, 4.69) is 224 Å². The summed E-state index contributed by atoms with van der Waals surface area (Å²) in [7, 11) is 0. The Bertz CT molecular complexity index is 6740. The van der Waals surface area contributed by atoms with Crippen LogP contribution in [0, 0.1) is 0 Å². The summed E-state index contributed by atoms with van der Waals surface area (Å²) in [6.45, 7) is 0. The molecule has 0 aliphatic heterocycles. The zero-order valence-electron chi connectivity index (χ0n) is 48.9. The second kappa shape index (κ2) is 17.7. The van der Waals surface area contributed by atoms with Crippen molar-refractivity contribution in [2.75, 3.05) is 0 Å². The number of nitrogens with zero attached hydrogens (tertiary/aromatic N) is 2. The molecule has 0 atom stereocenters. The van der Waals surface area contributed by atoms with E-state index in [-0.39, 0.29) is 0 Å². The number of benzene rings is 16. The number of hydrogen-bond acceptors (Lipinski definition) is 6. The van der Waals surface area contributed by atoms with Crippen LogP contribution in [0.1, 0.15) is 0 Å². The molecular formula is C86H44N2O4. The molecule has 0 spiro atoms. The second-order valence-electron chi connectivity index (χ2n) is 25.0. The number of hydrogen-bond donors (Lipinski definition) is 0. The summed E-state index contributed by atoms with van der Waals surface area (Å²) in [6.07, 6.45) is 0. The molecule has 4 heterocycles. The third-order valence-corrected chi connectivity index (χ3v) is 20.2. The molecule has 4 aromatic heterocycles.